The molecule has 0 unspecified atom stereocenters. The minimum absolute atomic E-state index is 0.0325. The number of anilines is 1. The highest BCUT2D eigenvalue weighted by atomic mass is 16.6. The Morgan fingerprint density at radius 3 is 2.55 bits per heavy atom. The van der Waals surface area contributed by atoms with Crippen LogP contribution in [0.2, 0.25) is 0 Å². The van der Waals surface area contributed by atoms with E-state index in [-0.39, 0.29) is 11.6 Å². The molecular weight excluding hydrogens is 258 g/mol. The fourth-order valence-electron chi connectivity index (χ4n) is 2.08. The van der Waals surface area contributed by atoms with E-state index in [0.717, 1.165) is 12.8 Å². The van der Waals surface area contributed by atoms with Crippen molar-refractivity contribution < 1.29 is 9.72 Å². The number of hydrogen-bond acceptors (Lipinski definition) is 4. The van der Waals surface area contributed by atoms with E-state index in [4.69, 9.17) is 0 Å². The highest BCUT2D eigenvalue weighted by molar-refractivity contribution is 5.95. The topological polar surface area (TPSA) is 75.5 Å². The second kappa shape index (κ2) is 5.90. The molecule has 0 atom stereocenters. The molecular formula is C14H19N3O3. The lowest BCUT2D eigenvalue weighted by Gasteiger charge is -2.18. The number of amides is 1. The van der Waals surface area contributed by atoms with Crippen LogP contribution in [0.15, 0.2) is 18.2 Å². The summed E-state index contributed by atoms with van der Waals surface area (Å²) >= 11 is 0. The Morgan fingerprint density at radius 1 is 1.40 bits per heavy atom. The predicted octanol–water partition coefficient (Wildman–Crippen LogP) is 2.65. The van der Waals surface area contributed by atoms with Crippen molar-refractivity contribution in [1.82, 2.24) is 4.90 Å². The summed E-state index contributed by atoms with van der Waals surface area (Å²) in [5.41, 5.74) is 0.824. The molecule has 108 valence electrons. The van der Waals surface area contributed by atoms with Gasteiger partial charge in [0.25, 0.3) is 11.6 Å². The summed E-state index contributed by atoms with van der Waals surface area (Å²) < 4.78 is 0. The number of benzene rings is 1. The Labute approximate surface area is 117 Å². The Balaban J connectivity index is 2.28. The van der Waals surface area contributed by atoms with Gasteiger partial charge in [0, 0.05) is 30.8 Å². The Morgan fingerprint density at radius 2 is 2.05 bits per heavy atom. The molecule has 0 heterocycles. The summed E-state index contributed by atoms with van der Waals surface area (Å²) in [5.74, 6) is -0.170. The number of nitro benzene ring substituents is 1. The maximum absolute atomic E-state index is 12.2. The third kappa shape index (κ3) is 3.07. The zero-order chi connectivity index (χ0) is 14.7. The average Bonchev–Trinajstić information content (AvgIpc) is 3.24. The lowest BCUT2D eigenvalue weighted by Crippen LogP contribution is -2.30. The van der Waals surface area contributed by atoms with Crippen molar-refractivity contribution in [3.05, 3.63) is 33.9 Å². The molecule has 1 N–H and O–H groups in total. The summed E-state index contributed by atoms with van der Waals surface area (Å²) in [4.78, 5) is 24.6. The van der Waals surface area contributed by atoms with E-state index >= 15 is 0 Å². The van der Waals surface area contributed by atoms with Crippen LogP contribution >= 0.6 is 0 Å². The first-order valence-electron chi connectivity index (χ1n) is 6.91. The summed E-state index contributed by atoms with van der Waals surface area (Å²) in [7, 11) is 0. The Kier molecular flexibility index (Phi) is 4.22. The van der Waals surface area contributed by atoms with Gasteiger partial charge in [-0.1, -0.05) is 0 Å². The number of nitro groups is 1. The number of carbonyl (C=O) groups is 1. The van der Waals surface area contributed by atoms with E-state index in [9.17, 15) is 14.9 Å². The lowest BCUT2D eigenvalue weighted by molar-refractivity contribution is -0.384. The van der Waals surface area contributed by atoms with Crippen molar-refractivity contribution in [2.75, 3.05) is 18.4 Å². The molecule has 1 aromatic carbocycles. The lowest BCUT2D eigenvalue weighted by atomic mass is 10.1. The molecule has 6 heteroatoms. The highest BCUT2D eigenvalue weighted by Crippen LogP contribution is 2.31. The van der Waals surface area contributed by atoms with E-state index < -0.39 is 4.92 Å². The zero-order valence-corrected chi connectivity index (χ0v) is 11.8. The number of rotatable bonds is 6. The van der Waals surface area contributed by atoms with E-state index in [1.807, 2.05) is 13.8 Å². The monoisotopic (exact) mass is 277 g/mol. The van der Waals surface area contributed by atoms with Crippen LogP contribution in [-0.2, 0) is 0 Å². The molecule has 0 spiro atoms. The van der Waals surface area contributed by atoms with Crippen LogP contribution in [0.25, 0.3) is 0 Å². The minimum atomic E-state index is -0.441. The largest absolute Gasteiger partial charge is 0.377 e. The maximum Gasteiger partial charge on any atom is 0.293 e. The molecule has 1 aliphatic carbocycles. The second-order valence-electron chi connectivity index (χ2n) is 4.89. The second-order valence-corrected chi connectivity index (χ2v) is 4.89. The van der Waals surface area contributed by atoms with Gasteiger partial charge < -0.3 is 10.2 Å². The molecule has 1 aromatic rings. The van der Waals surface area contributed by atoms with Gasteiger partial charge >= 0.3 is 0 Å². The zero-order valence-electron chi connectivity index (χ0n) is 11.8. The van der Waals surface area contributed by atoms with E-state index in [0.29, 0.717) is 30.4 Å². The van der Waals surface area contributed by atoms with Crippen LogP contribution in [0.4, 0.5) is 11.4 Å². The van der Waals surface area contributed by atoms with Crippen molar-refractivity contribution in [3.8, 4) is 0 Å². The van der Waals surface area contributed by atoms with E-state index in [1.54, 1.807) is 17.0 Å². The molecule has 1 amide bonds. The first-order chi connectivity index (χ1) is 9.56. The fraction of sp³-hybridized carbons (Fsp3) is 0.500. The number of hydrogen-bond donors (Lipinski definition) is 1. The van der Waals surface area contributed by atoms with E-state index in [1.165, 1.54) is 6.07 Å². The smallest absolute Gasteiger partial charge is 0.293 e. The van der Waals surface area contributed by atoms with Crippen LogP contribution in [-0.4, -0.2) is 34.9 Å². The summed E-state index contributed by atoms with van der Waals surface area (Å²) in [6, 6.07) is 4.98. The van der Waals surface area contributed by atoms with Gasteiger partial charge in [0.05, 0.1) is 4.92 Å². The van der Waals surface area contributed by atoms with Gasteiger partial charge in [0.15, 0.2) is 0 Å². The minimum Gasteiger partial charge on any atom is -0.377 e. The van der Waals surface area contributed by atoms with E-state index in [2.05, 4.69) is 5.32 Å². The average molecular weight is 277 g/mol. The van der Waals surface area contributed by atoms with Crippen LogP contribution < -0.4 is 5.32 Å². The number of nitrogens with one attached hydrogen (secondary N) is 1. The molecule has 0 saturated heterocycles. The Hall–Kier alpha value is -2.11. The van der Waals surface area contributed by atoms with Crippen molar-refractivity contribution in [1.29, 1.82) is 0 Å². The third-order valence-corrected chi connectivity index (χ3v) is 3.43. The number of nitrogens with zero attached hydrogens (tertiary/aromatic N) is 2. The van der Waals surface area contributed by atoms with Crippen molar-refractivity contribution in [3.63, 3.8) is 0 Å². The SMILES string of the molecule is CCN(CC)C(=O)c1ccc(NC2CC2)c([N+](=O)[O-])c1. The quantitative estimate of drug-likeness (QED) is 0.640. The molecule has 0 aliphatic heterocycles. The maximum atomic E-state index is 12.2. The third-order valence-electron chi connectivity index (χ3n) is 3.43. The molecule has 1 fully saturated rings. The molecule has 1 saturated carbocycles. The van der Waals surface area contributed by atoms with Crippen LogP contribution in [0.1, 0.15) is 37.0 Å². The molecule has 0 aromatic heterocycles. The molecule has 20 heavy (non-hydrogen) atoms. The molecule has 1 aliphatic rings. The van der Waals surface area contributed by atoms with Gasteiger partial charge in [0.2, 0.25) is 0 Å². The summed E-state index contributed by atoms with van der Waals surface area (Å²) in [5, 5.41) is 14.3. The van der Waals surface area contributed by atoms with Gasteiger partial charge in [-0.05, 0) is 38.8 Å². The first-order valence-corrected chi connectivity index (χ1v) is 6.91. The molecule has 0 radical (unpaired) electrons. The normalized spacial score (nSPS) is 13.9. The summed E-state index contributed by atoms with van der Waals surface area (Å²) in [6.07, 6.45) is 2.08. The van der Waals surface area contributed by atoms with Gasteiger partial charge in [-0.2, -0.15) is 0 Å². The molecule has 0 bridgehead atoms. The Bertz CT molecular complexity index is 522. The van der Waals surface area contributed by atoms with Crippen molar-refractivity contribution >= 4 is 17.3 Å². The van der Waals surface area contributed by atoms with Crippen LogP contribution in [0.3, 0.4) is 0 Å². The fourth-order valence-corrected chi connectivity index (χ4v) is 2.08. The highest BCUT2D eigenvalue weighted by Gasteiger charge is 2.26. The van der Waals surface area contributed by atoms with Gasteiger partial charge in [-0.25, -0.2) is 0 Å². The first kappa shape index (κ1) is 14.3. The van der Waals surface area contributed by atoms with Crippen LogP contribution in [0, 0.1) is 10.1 Å². The number of carbonyl (C=O) groups excluding carboxylic acids is 1. The van der Waals surface area contributed by atoms with Gasteiger partial charge in [-0.3, -0.25) is 14.9 Å². The predicted molar refractivity (Wildman–Crippen MR) is 77.0 cm³/mol. The molecule has 6 nitrogen and oxygen atoms in total. The summed E-state index contributed by atoms with van der Waals surface area (Å²) in [6.45, 7) is 4.95. The van der Waals surface area contributed by atoms with Crippen LogP contribution in [0.5, 0.6) is 0 Å². The van der Waals surface area contributed by atoms with Crippen molar-refractivity contribution in [2.45, 2.75) is 32.7 Å². The van der Waals surface area contributed by atoms with Crippen molar-refractivity contribution in [2.24, 2.45) is 0 Å². The molecule has 2 rings (SSSR count). The van der Waals surface area contributed by atoms with Gasteiger partial charge in [-0.15, -0.1) is 0 Å². The standard InChI is InChI=1S/C14H19N3O3/c1-3-16(4-2)14(18)10-5-8-12(15-11-6-7-11)13(9-10)17(19)20/h5,8-9,11,15H,3-4,6-7H2,1-2H3. The van der Waals surface area contributed by atoms with Gasteiger partial charge in [0.1, 0.15) is 5.69 Å².